The Morgan fingerprint density at radius 3 is 3.09 bits per heavy atom. The molecule has 0 atom stereocenters. The van der Waals surface area contributed by atoms with Gasteiger partial charge in [-0.15, -0.1) is 11.3 Å². The molecule has 0 fully saturated rings. The van der Waals surface area contributed by atoms with E-state index in [0.29, 0.717) is 0 Å². The van der Waals surface area contributed by atoms with Crippen molar-refractivity contribution < 1.29 is 4.79 Å². The smallest absolute Gasteiger partial charge is 0.221 e. The minimum Gasteiger partial charge on any atom is -0.351 e. The van der Waals surface area contributed by atoms with Crippen LogP contribution in [0.15, 0.2) is 36.0 Å². The summed E-state index contributed by atoms with van der Waals surface area (Å²) in [6, 6.07) is 8.17. The van der Waals surface area contributed by atoms with E-state index in [1.165, 1.54) is 11.1 Å². The molecule has 1 N–H and O–H groups in total. The van der Waals surface area contributed by atoms with Crippen molar-refractivity contribution in [2.45, 2.75) is 19.9 Å². The standard InChI is InChI=1S/C17H16N4OS/c1-11(22)20-15-4-2-3-12-9-21(7-5-13(12)15)16-14-6-8-23-17(14)19-10-18-16/h2-4,6,8,10H,5,7,9H2,1H3,(H,20,22). The van der Waals surface area contributed by atoms with Crippen LogP contribution in [0.5, 0.6) is 0 Å². The summed E-state index contributed by atoms with van der Waals surface area (Å²) in [5.41, 5.74) is 3.40. The number of thiophene rings is 1. The number of rotatable bonds is 2. The molecule has 0 saturated heterocycles. The Labute approximate surface area is 138 Å². The maximum absolute atomic E-state index is 11.4. The number of nitrogens with zero attached hydrogens (tertiary/aromatic N) is 3. The zero-order chi connectivity index (χ0) is 15.8. The van der Waals surface area contributed by atoms with Crippen LogP contribution < -0.4 is 10.2 Å². The molecule has 0 saturated carbocycles. The molecule has 5 nitrogen and oxygen atoms in total. The number of nitrogens with one attached hydrogen (secondary N) is 1. The van der Waals surface area contributed by atoms with E-state index in [-0.39, 0.29) is 5.91 Å². The summed E-state index contributed by atoms with van der Waals surface area (Å²) < 4.78 is 0. The van der Waals surface area contributed by atoms with Gasteiger partial charge < -0.3 is 10.2 Å². The second-order valence-corrected chi connectivity index (χ2v) is 6.53. The van der Waals surface area contributed by atoms with Gasteiger partial charge in [0.1, 0.15) is 17.0 Å². The molecule has 1 amide bonds. The van der Waals surface area contributed by atoms with Crippen LogP contribution in [-0.4, -0.2) is 22.4 Å². The van der Waals surface area contributed by atoms with Crippen molar-refractivity contribution in [2.24, 2.45) is 0 Å². The van der Waals surface area contributed by atoms with Crippen LogP contribution in [-0.2, 0) is 17.8 Å². The fraction of sp³-hybridized carbons (Fsp3) is 0.235. The molecule has 116 valence electrons. The lowest BCUT2D eigenvalue weighted by Crippen LogP contribution is -2.31. The molecule has 1 aliphatic heterocycles. The summed E-state index contributed by atoms with van der Waals surface area (Å²) in [6.07, 6.45) is 2.53. The number of benzene rings is 1. The predicted octanol–water partition coefficient (Wildman–Crippen LogP) is 3.21. The minimum absolute atomic E-state index is 0.0309. The summed E-state index contributed by atoms with van der Waals surface area (Å²) in [4.78, 5) is 23.5. The third kappa shape index (κ3) is 2.55. The quantitative estimate of drug-likeness (QED) is 0.786. The monoisotopic (exact) mass is 324 g/mol. The topological polar surface area (TPSA) is 58.1 Å². The number of aromatic nitrogens is 2. The van der Waals surface area contributed by atoms with Gasteiger partial charge in [-0.2, -0.15) is 0 Å². The van der Waals surface area contributed by atoms with Gasteiger partial charge in [-0.25, -0.2) is 9.97 Å². The van der Waals surface area contributed by atoms with E-state index in [0.717, 1.165) is 41.2 Å². The lowest BCUT2D eigenvalue weighted by molar-refractivity contribution is -0.114. The third-order valence-corrected chi connectivity index (χ3v) is 4.94. The highest BCUT2D eigenvalue weighted by molar-refractivity contribution is 7.16. The molecule has 23 heavy (non-hydrogen) atoms. The first kappa shape index (κ1) is 14.1. The maximum atomic E-state index is 11.4. The number of carbonyl (C=O) groups excluding carboxylic acids is 1. The number of amides is 1. The lowest BCUT2D eigenvalue weighted by atomic mass is 9.97. The summed E-state index contributed by atoms with van der Waals surface area (Å²) in [7, 11) is 0. The molecule has 0 aliphatic carbocycles. The van der Waals surface area contributed by atoms with E-state index in [9.17, 15) is 4.79 Å². The van der Waals surface area contributed by atoms with Gasteiger partial charge in [0.15, 0.2) is 0 Å². The van der Waals surface area contributed by atoms with Crippen LogP contribution in [0.4, 0.5) is 11.5 Å². The second kappa shape index (κ2) is 5.62. The first-order valence-corrected chi connectivity index (χ1v) is 8.42. The molecule has 3 aromatic rings. The van der Waals surface area contributed by atoms with Gasteiger partial charge in [0.25, 0.3) is 0 Å². The maximum Gasteiger partial charge on any atom is 0.221 e. The van der Waals surface area contributed by atoms with E-state index in [4.69, 9.17) is 0 Å². The molecule has 1 aliphatic rings. The zero-order valence-corrected chi connectivity index (χ0v) is 13.6. The highest BCUT2D eigenvalue weighted by Crippen LogP contribution is 2.32. The second-order valence-electron chi connectivity index (χ2n) is 5.63. The summed E-state index contributed by atoms with van der Waals surface area (Å²) in [5.74, 6) is 0.962. The number of hydrogen-bond donors (Lipinski definition) is 1. The summed E-state index contributed by atoms with van der Waals surface area (Å²) in [5, 5.41) is 6.09. The highest BCUT2D eigenvalue weighted by Gasteiger charge is 2.21. The Balaban J connectivity index is 1.69. The average molecular weight is 324 g/mol. The van der Waals surface area contributed by atoms with Gasteiger partial charge in [-0.1, -0.05) is 12.1 Å². The molecule has 1 aromatic carbocycles. The van der Waals surface area contributed by atoms with Crippen molar-refractivity contribution in [2.75, 3.05) is 16.8 Å². The molecule has 0 spiro atoms. The van der Waals surface area contributed by atoms with Gasteiger partial charge >= 0.3 is 0 Å². The van der Waals surface area contributed by atoms with Crippen molar-refractivity contribution in [3.63, 3.8) is 0 Å². The van der Waals surface area contributed by atoms with Crippen LogP contribution in [0.25, 0.3) is 10.2 Å². The average Bonchev–Trinajstić information content (AvgIpc) is 3.02. The van der Waals surface area contributed by atoms with Gasteiger partial charge in [0.05, 0.1) is 5.39 Å². The van der Waals surface area contributed by atoms with Crippen LogP contribution in [0, 0.1) is 0 Å². The fourth-order valence-electron chi connectivity index (χ4n) is 3.13. The summed E-state index contributed by atoms with van der Waals surface area (Å²) >= 11 is 1.64. The van der Waals surface area contributed by atoms with E-state index in [1.807, 2.05) is 12.1 Å². The third-order valence-electron chi connectivity index (χ3n) is 4.12. The molecule has 4 rings (SSSR count). The van der Waals surface area contributed by atoms with Gasteiger partial charge in [-0.05, 0) is 35.1 Å². The van der Waals surface area contributed by atoms with E-state index in [1.54, 1.807) is 24.6 Å². The molecule has 6 heteroatoms. The van der Waals surface area contributed by atoms with Gasteiger partial charge in [0.2, 0.25) is 5.91 Å². The Morgan fingerprint density at radius 1 is 1.30 bits per heavy atom. The predicted molar refractivity (Wildman–Crippen MR) is 92.9 cm³/mol. The SMILES string of the molecule is CC(=O)Nc1cccc2c1CCN(c1ncnc3sccc13)C2. The van der Waals surface area contributed by atoms with Gasteiger partial charge in [-0.3, -0.25) is 4.79 Å². The minimum atomic E-state index is -0.0309. The highest BCUT2D eigenvalue weighted by atomic mass is 32.1. The molecular formula is C17H16N4OS. The van der Waals surface area contributed by atoms with Gasteiger partial charge in [0, 0.05) is 25.7 Å². The number of anilines is 2. The first-order chi connectivity index (χ1) is 11.2. The lowest BCUT2D eigenvalue weighted by Gasteiger charge is -2.31. The van der Waals surface area contributed by atoms with E-state index < -0.39 is 0 Å². The van der Waals surface area contributed by atoms with Crippen LogP contribution in [0.2, 0.25) is 0 Å². The van der Waals surface area contributed by atoms with Crippen LogP contribution >= 0.6 is 11.3 Å². The summed E-state index contributed by atoms with van der Waals surface area (Å²) in [6.45, 7) is 3.22. The number of hydrogen-bond acceptors (Lipinski definition) is 5. The molecular weight excluding hydrogens is 308 g/mol. The fourth-order valence-corrected chi connectivity index (χ4v) is 3.85. The van der Waals surface area contributed by atoms with E-state index >= 15 is 0 Å². The number of carbonyl (C=O) groups is 1. The molecule has 2 aromatic heterocycles. The van der Waals surface area contributed by atoms with Crippen LogP contribution in [0.1, 0.15) is 18.1 Å². The van der Waals surface area contributed by atoms with E-state index in [2.05, 4.69) is 37.7 Å². The van der Waals surface area contributed by atoms with Crippen molar-refractivity contribution in [3.8, 4) is 0 Å². The Hall–Kier alpha value is -2.47. The molecule has 0 radical (unpaired) electrons. The molecule has 0 unspecified atom stereocenters. The van der Waals surface area contributed by atoms with Crippen LogP contribution in [0.3, 0.4) is 0 Å². The van der Waals surface area contributed by atoms with Crippen molar-refractivity contribution >= 4 is 39.0 Å². The molecule has 0 bridgehead atoms. The Morgan fingerprint density at radius 2 is 2.22 bits per heavy atom. The Kier molecular flexibility index (Phi) is 3.46. The molecule has 3 heterocycles. The largest absolute Gasteiger partial charge is 0.351 e. The van der Waals surface area contributed by atoms with Crippen molar-refractivity contribution in [3.05, 3.63) is 47.1 Å². The normalized spacial score (nSPS) is 13.9. The van der Waals surface area contributed by atoms with Crippen molar-refractivity contribution in [1.29, 1.82) is 0 Å². The number of fused-ring (bicyclic) bond motifs is 2. The Bertz CT molecular complexity index is 889. The first-order valence-electron chi connectivity index (χ1n) is 7.54. The zero-order valence-electron chi connectivity index (χ0n) is 12.7. The van der Waals surface area contributed by atoms with Crippen molar-refractivity contribution in [1.82, 2.24) is 9.97 Å².